The van der Waals surface area contributed by atoms with E-state index in [9.17, 15) is 9.59 Å². The van der Waals surface area contributed by atoms with Gasteiger partial charge in [-0.05, 0) is 25.5 Å². The Morgan fingerprint density at radius 2 is 2.15 bits per heavy atom. The van der Waals surface area contributed by atoms with E-state index in [1.165, 1.54) is 6.92 Å². The van der Waals surface area contributed by atoms with E-state index in [-0.39, 0.29) is 17.9 Å². The lowest BCUT2D eigenvalue weighted by Crippen LogP contribution is -2.39. The summed E-state index contributed by atoms with van der Waals surface area (Å²) in [6.45, 7) is 6.44. The molecule has 0 saturated heterocycles. The van der Waals surface area contributed by atoms with Crippen molar-refractivity contribution in [3.8, 4) is 0 Å². The molecule has 1 rings (SSSR count). The molecule has 1 aromatic heterocycles. The van der Waals surface area contributed by atoms with Gasteiger partial charge in [0.1, 0.15) is 0 Å². The first kappa shape index (κ1) is 16.1. The summed E-state index contributed by atoms with van der Waals surface area (Å²) in [5.74, 6) is -0.0536. The molecule has 0 radical (unpaired) electrons. The van der Waals surface area contributed by atoms with Gasteiger partial charge < -0.3 is 10.2 Å². The van der Waals surface area contributed by atoms with Crippen LogP contribution >= 0.6 is 0 Å². The van der Waals surface area contributed by atoms with Crippen molar-refractivity contribution in [2.24, 2.45) is 0 Å². The molecule has 2 amide bonds. The number of hydrogen-bond acceptors (Lipinski definition) is 3. The van der Waals surface area contributed by atoms with E-state index >= 15 is 0 Å². The summed E-state index contributed by atoms with van der Waals surface area (Å²) >= 11 is 0. The highest BCUT2D eigenvalue weighted by Crippen LogP contribution is 2.05. The van der Waals surface area contributed by atoms with Crippen molar-refractivity contribution in [2.75, 3.05) is 6.54 Å². The number of aromatic nitrogens is 1. The van der Waals surface area contributed by atoms with Gasteiger partial charge >= 0.3 is 0 Å². The first-order valence-electron chi connectivity index (χ1n) is 6.98. The highest BCUT2D eigenvalue weighted by molar-refractivity contribution is 5.78. The average molecular weight is 277 g/mol. The van der Waals surface area contributed by atoms with Gasteiger partial charge in [0.25, 0.3) is 0 Å². The number of hydrogen-bond donors (Lipinski definition) is 1. The maximum atomic E-state index is 11.8. The van der Waals surface area contributed by atoms with Crippen LogP contribution in [0.25, 0.3) is 0 Å². The van der Waals surface area contributed by atoms with E-state index in [1.54, 1.807) is 11.1 Å². The van der Waals surface area contributed by atoms with Crippen LogP contribution in [0.4, 0.5) is 0 Å². The normalized spacial score (nSPS) is 11.8. The van der Waals surface area contributed by atoms with E-state index in [0.717, 1.165) is 12.1 Å². The standard InChI is InChI=1S/C15H23N3O2/c1-4-12(2)18(13(3)19)10-8-15(20)17-11-14-7-5-6-9-16-14/h5-7,9,12H,4,8,10-11H2,1-3H3,(H,17,20). The van der Waals surface area contributed by atoms with E-state index in [2.05, 4.69) is 10.3 Å². The topological polar surface area (TPSA) is 62.3 Å². The third kappa shape index (κ3) is 5.38. The van der Waals surface area contributed by atoms with Crippen LogP contribution in [0.15, 0.2) is 24.4 Å². The molecule has 20 heavy (non-hydrogen) atoms. The van der Waals surface area contributed by atoms with Crippen LogP contribution in [0, 0.1) is 0 Å². The van der Waals surface area contributed by atoms with Gasteiger partial charge in [0.2, 0.25) is 11.8 Å². The van der Waals surface area contributed by atoms with Crippen molar-refractivity contribution < 1.29 is 9.59 Å². The molecule has 0 spiro atoms. The van der Waals surface area contributed by atoms with Crippen molar-refractivity contribution in [2.45, 2.75) is 46.2 Å². The van der Waals surface area contributed by atoms with Gasteiger partial charge in [0, 0.05) is 32.1 Å². The highest BCUT2D eigenvalue weighted by atomic mass is 16.2. The average Bonchev–Trinajstić information content (AvgIpc) is 2.45. The van der Waals surface area contributed by atoms with Gasteiger partial charge in [-0.25, -0.2) is 0 Å². The minimum absolute atomic E-state index is 0.0110. The van der Waals surface area contributed by atoms with Gasteiger partial charge in [-0.1, -0.05) is 13.0 Å². The van der Waals surface area contributed by atoms with E-state index in [0.29, 0.717) is 19.5 Å². The van der Waals surface area contributed by atoms with E-state index < -0.39 is 0 Å². The van der Waals surface area contributed by atoms with E-state index in [4.69, 9.17) is 0 Å². The Morgan fingerprint density at radius 3 is 2.70 bits per heavy atom. The molecule has 0 saturated carbocycles. The third-order valence-electron chi connectivity index (χ3n) is 3.30. The Labute approximate surface area is 120 Å². The third-order valence-corrected chi connectivity index (χ3v) is 3.30. The Morgan fingerprint density at radius 1 is 1.40 bits per heavy atom. The summed E-state index contributed by atoms with van der Waals surface area (Å²) in [6, 6.07) is 5.74. The Balaban J connectivity index is 2.36. The minimum atomic E-state index is -0.0646. The summed E-state index contributed by atoms with van der Waals surface area (Å²) in [4.78, 5) is 29.2. The number of pyridine rings is 1. The molecule has 0 aliphatic heterocycles. The monoisotopic (exact) mass is 277 g/mol. The largest absolute Gasteiger partial charge is 0.350 e. The van der Waals surface area contributed by atoms with Crippen molar-refractivity contribution in [1.82, 2.24) is 15.2 Å². The number of carbonyl (C=O) groups is 2. The first-order chi connectivity index (χ1) is 9.54. The van der Waals surface area contributed by atoms with Gasteiger partial charge in [0.05, 0.1) is 12.2 Å². The molecule has 5 heteroatoms. The molecule has 0 aliphatic rings. The van der Waals surface area contributed by atoms with Gasteiger partial charge in [-0.15, -0.1) is 0 Å². The van der Waals surface area contributed by atoms with Crippen LogP contribution in [0.2, 0.25) is 0 Å². The first-order valence-corrected chi connectivity index (χ1v) is 6.98. The van der Waals surface area contributed by atoms with E-state index in [1.807, 2.05) is 32.0 Å². The zero-order valence-corrected chi connectivity index (χ0v) is 12.4. The summed E-state index contributed by atoms with van der Waals surface area (Å²) in [6.07, 6.45) is 2.90. The molecule has 0 bridgehead atoms. The number of carbonyl (C=O) groups excluding carboxylic acids is 2. The quantitative estimate of drug-likeness (QED) is 0.825. The van der Waals surface area contributed by atoms with Crippen molar-refractivity contribution in [1.29, 1.82) is 0 Å². The van der Waals surface area contributed by atoms with Crippen LogP contribution in [-0.2, 0) is 16.1 Å². The molecule has 1 heterocycles. The molecular weight excluding hydrogens is 254 g/mol. The van der Waals surface area contributed by atoms with Crippen LogP contribution in [-0.4, -0.2) is 34.3 Å². The fourth-order valence-corrected chi connectivity index (χ4v) is 1.91. The Bertz CT molecular complexity index is 434. The Kier molecular flexibility index (Phi) is 6.70. The maximum Gasteiger partial charge on any atom is 0.222 e. The maximum absolute atomic E-state index is 11.8. The molecule has 0 aromatic carbocycles. The molecule has 1 N–H and O–H groups in total. The summed E-state index contributed by atoms with van der Waals surface area (Å²) < 4.78 is 0. The molecule has 5 nitrogen and oxygen atoms in total. The minimum Gasteiger partial charge on any atom is -0.350 e. The van der Waals surface area contributed by atoms with Crippen LogP contribution in [0.3, 0.4) is 0 Å². The second-order valence-corrected chi connectivity index (χ2v) is 4.82. The fourth-order valence-electron chi connectivity index (χ4n) is 1.91. The van der Waals surface area contributed by atoms with Crippen LogP contribution in [0.5, 0.6) is 0 Å². The smallest absolute Gasteiger partial charge is 0.222 e. The second-order valence-electron chi connectivity index (χ2n) is 4.82. The lowest BCUT2D eigenvalue weighted by atomic mass is 10.2. The number of amides is 2. The molecule has 1 unspecified atom stereocenters. The molecular formula is C15H23N3O2. The molecule has 0 fully saturated rings. The SMILES string of the molecule is CCC(C)N(CCC(=O)NCc1ccccn1)C(C)=O. The Hall–Kier alpha value is -1.91. The zero-order chi connectivity index (χ0) is 15.0. The molecule has 0 aliphatic carbocycles. The lowest BCUT2D eigenvalue weighted by Gasteiger charge is -2.27. The predicted octanol–water partition coefficient (Wildman–Crippen LogP) is 1.73. The predicted molar refractivity (Wildman–Crippen MR) is 77.8 cm³/mol. The van der Waals surface area contributed by atoms with Gasteiger partial charge in [-0.2, -0.15) is 0 Å². The van der Waals surface area contributed by atoms with Crippen molar-refractivity contribution >= 4 is 11.8 Å². The van der Waals surface area contributed by atoms with Gasteiger partial charge in [-0.3, -0.25) is 14.6 Å². The number of nitrogens with zero attached hydrogens (tertiary/aromatic N) is 2. The molecule has 1 aromatic rings. The lowest BCUT2D eigenvalue weighted by molar-refractivity contribution is -0.131. The zero-order valence-electron chi connectivity index (χ0n) is 12.4. The van der Waals surface area contributed by atoms with Crippen LogP contribution in [0.1, 0.15) is 39.3 Å². The van der Waals surface area contributed by atoms with Gasteiger partial charge in [0.15, 0.2) is 0 Å². The second kappa shape index (κ2) is 8.30. The van der Waals surface area contributed by atoms with Crippen LogP contribution < -0.4 is 5.32 Å². The summed E-state index contributed by atoms with van der Waals surface area (Å²) in [5.41, 5.74) is 0.825. The van der Waals surface area contributed by atoms with Crippen molar-refractivity contribution in [3.63, 3.8) is 0 Å². The fraction of sp³-hybridized carbons (Fsp3) is 0.533. The molecule has 110 valence electrons. The highest BCUT2D eigenvalue weighted by Gasteiger charge is 2.16. The summed E-state index contributed by atoms with van der Waals surface area (Å²) in [7, 11) is 0. The summed E-state index contributed by atoms with van der Waals surface area (Å²) in [5, 5.41) is 2.81. The molecule has 1 atom stereocenters. The van der Waals surface area contributed by atoms with Crippen molar-refractivity contribution in [3.05, 3.63) is 30.1 Å². The number of rotatable bonds is 7. The number of nitrogens with one attached hydrogen (secondary N) is 1.